The zero-order valence-corrected chi connectivity index (χ0v) is 11.8. The van der Waals surface area contributed by atoms with Gasteiger partial charge >= 0.3 is 0 Å². The van der Waals surface area contributed by atoms with Crippen LogP contribution in [0.2, 0.25) is 10.0 Å². The first-order valence-corrected chi connectivity index (χ1v) is 6.41. The van der Waals surface area contributed by atoms with E-state index in [0.29, 0.717) is 16.6 Å². The monoisotopic (exact) mass is 331 g/mol. The number of benzene rings is 1. The molecule has 0 aliphatic rings. The summed E-state index contributed by atoms with van der Waals surface area (Å²) >= 11 is 15.1. The normalized spacial score (nSPS) is 10.5. The average Bonchev–Trinajstić information content (AvgIpc) is 2.29. The van der Waals surface area contributed by atoms with E-state index in [1.165, 1.54) is 6.07 Å². The van der Waals surface area contributed by atoms with E-state index in [1.807, 2.05) is 6.07 Å². The van der Waals surface area contributed by atoms with E-state index in [4.69, 9.17) is 23.2 Å². The number of nitrogens with zero attached hydrogens (tertiary/aromatic N) is 1. The topological polar surface area (TPSA) is 22.0 Å². The second kappa shape index (κ2) is 5.25. The Morgan fingerprint density at radius 1 is 1.12 bits per heavy atom. The molecule has 1 heterocycles. The van der Waals surface area contributed by atoms with Crippen molar-refractivity contribution in [2.45, 2.75) is 6.54 Å². The molecule has 5 heteroatoms. The van der Waals surface area contributed by atoms with Gasteiger partial charge in [-0.3, -0.25) is 4.79 Å². The van der Waals surface area contributed by atoms with Gasteiger partial charge in [-0.25, -0.2) is 0 Å². The van der Waals surface area contributed by atoms with E-state index in [9.17, 15) is 4.79 Å². The molecule has 0 saturated carbocycles. The van der Waals surface area contributed by atoms with Gasteiger partial charge in [0.2, 0.25) is 0 Å². The lowest BCUT2D eigenvalue weighted by atomic mass is 10.2. The SMILES string of the molecule is O=c1ccc(Br)cn1Cc1ccc(Cl)c(Cl)c1. The molecule has 1 aromatic heterocycles. The number of rotatable bonds is 2. The highest BCUT2D eigenvalue weighted by Crippen LogP contribution is 2.22. The second-order valence-corrected chi connectivity index (χ2v) is 5.29. The van der Waals surface area contributed by atoms with E-state index < -0.39 is 0 Å². The van der Waals surface area contributed by atoms with Crippen LogP contribution in [0.25, 0.3) is 0 Å². The van der Waals surface area contributed by atoms with E-state index in [1.54, 1.807) is 29.0 Å². The lowest BCUT2D eigenvalue weighted by Crippen LogP contribution is -2.18. The Morgan fingerprint density at radius 3 is 2.59 bits per heavy atom. The van der Waals surface area contributed by atoms with Gasteiger partial charge in [0.1, 0.15) is 0 Å². The third-order valence-corrected chi connectivity index (χ3v) is 3.49. The molecule has 17 heavy (non-hydrogen) atoms. The Hall–Kier alpha value is -0.770. The van der Waals surface area contributed by atoms with Gasteiger partial charge in [0, 0.05) is 16.7 Å². The summed E-state index contributed by atoms with van der Waals surface area (Å²) in [5.41, 5.74) is 0.874. The standard InChI is InChI=1S/C12H8BrCl2NO/c13-9-2-4-12(17)16(7-9)6-8-1-3-10(14)11(15)5-8/h1-5,7H,6H2. The number of halogens is 3. The van der Waals surface area contributed by atoms with Crippen LogP contribution in [-0.2, 0) is 6.54 Å². The predicted octanol–water partition coefficient (Wildman–Crippen LogP) is 3.97. The summed E-state index contributed by atoms with van der Waals surface area (Å²) in [5.74, 6) is 0. The molecule has 2 rings (SSSR count). The smallest absolute Gasteiger partial charge is 0.250 e. The van der Waals surface area contributed by atoms with Gasteiger partial charge in [-0.05, 0) is 39.7 Å². The molecule has 0 bridgehead atoms. The molecule has 0 aliphatic carbocycles. The van der Waals surface area contributed by atoms with Gasteiger partial charge in [0.15, 0.2) is 0 Å². The number of hydrogen-bond donors (Lipinski definition) is 0. The zero-order valence-electron chi connectivity index (χ0n) is 8.66. The summed E-state index contributed by atoms with van der Waals surface area (Å²) in [6, 6.07) is 8.57. The molecular formula is C12H8BrCl2NO. The van der Waals surface area contributed by atoms with Crippen molar-refractivity contribution >= 4 is 39.1 Å². The molecule has 88 valence electrons. The van der Waals surface area contributed by atoms with Crippen LogP contribution in [0, 0.1) is 0 Å². The van der Waals surface area contributed by atoms with Gasteiger partial charge < -0.3 is 4.57 Å². The third kappa shape index (κ3) is 3.12. The molecule has 0 radical (unpaired) electrons. The molecule has 0 spiro atoms. The van der Waals surface area contributed by atoms with Gasteiger partial charge in [-0.2, -0.15) is 0 Å². The lowest BCUT2D eigenvalue weighted by Gasteiger charge is -2.07. The summed E-state index contributed by atoms with van der Waals surface area (Å²) in [4.78, 5) is 11.6. The van der Waals surface area contributed by atoms with E-state index in [0.717, 1.165) is 10.0 Å². The minimum absolute atomic E-state index is 0.0562. The van der Waals surface area contributed by atoms with Crippen molar-refractivity contribution in [3.8, 4) is 0 Å². The molecule has 2 aromatic rings. The highest BCUT2D eigenvalue weighted by molar-refractivity contribution is 9.10. The van der Waals surface area contributed by atoms with Gasteiger partial charge in [-0.15, -0.1) is 0 Å². The molecule has 0 N–H and O–H groups in total. The van der Waals surface area contributed by atoms with Crippen LogP contribution in [-0.4, -0.2) is 4.57 Å². The van der Waals surface area contributed by atoms with Crippen LogP contribution < -0.4 is 5.56 Å². The molecule has 1 aromatic carbocycles. The summed E-state index contributed by atoms with van der Waals surface area (Å²) in [6.07, 6.45) is 1.74. The summed E-state index contributed by atoms with van der Waals surface area (Å²) in [6.45, 7) is 0.467. The Morgan fingerprint density at radius 2 is 1.88 bits per heavy atom. The van der Waals surface area contributed by atoms with Crippen molar-refractivity contribution in [2.24, 2.45) is 0 Å². The van der Waals surface area contributed by atoms with Crippen molar-refractivity contribution in [3.05, 3.63) is 67.0 Å². The number of aromatic nitrogens is 1. The largest absolute Gasteiger partial charge is 0.310 e. The number of hydrogen-bond acceptors (Lipinski definition) is 1. The summed E-state index contributed by atoms with van der Waals surface area (Å²) in [5, 5.41) is 1.00. The van der Waals surface area contributed by atoms with Crippen LogP contribution in [0.3, 0.4) is 0 Å². The maximum Gasteiger partial charge on any atom is 0.250 e. The van der Waals surface area contributed by atoms with Gasteiger partial charge in [0.05, 0.1) is 16.6 Å². The molecule has 0 aliphatic heterocycles. The van der Waals surface area contributed by atoms with Crippen LogP contribution in [0.15, 0.2) is 45.8 Å². The van der Waals surface area contributed by atoms with Crippen molar-refractivity contribution in [1.29, 1.82) is 0 Å². The first-order valence-electron chi connectivity index (χ1n) is 4.86. The minimum atomic E-state index is -0.0562. The minimum Gasteiger partial charge on any atom is -0.310 e. The fourth-order valence-corrected chi connectivity index (χ4v) is 2.16. The van der Waals surface area contributed by atoms with Crippen LogP contribution in [0.1, 0.15) is 5.56 Å². The first-order chi connectivity index (χ1) is 8.06. The molecule has 0 amide bonds. The van der Waals surface area contributed by atoms with Gasteiger partial charge in [-0.1, -0.05) is 29.3 Å². The van der Waals surface area contributed by atoms with E-state index in [2.05, 4.69) is 15.9 Å². The highest BCUT2D eigenvalue weighted by atomic mass is 79.9. The highest BCUT2D eigenvalue weighted by Gasteiger charge is 2.02. The molecule has 0 fully saturated rings. The fourth-order valence-electron chi connectivity index (χ4n) is 1.46. The zero-order chi connectivity index (χ0) is 12.4. The first kappa shape index (κ1) is 12.7. The summed E-state index contributed by atoms with van der Waals surface area (Å²) in [7, 11) is 0. The van der Waals surface area contributed by atoms with E-state index >= 15 is 0 Å². The molecule has 2 nitrogen and oxygen atoms in total. The average molecular weight is 333 g/mol. The lowest BCUT2D eigenvalue weighted by molar-refractivity contribution is 0.756. The molecule has 0 saturated heterocycles. The van der Waals surface area contributed by atoms with Gasteiger partial charge in [0.25, 0.3) is 5.56 Å². The Bertz CT molecular complexity index is 610. The van der Waals surface area contributed by atoms with Crippen molar-refractivity contribution < 1.29 is 0 Å². The summed E-state index contributed by atoms with van der Waals surface area (Å²) < 4.78 is 2.46. The van der Waals surface area contributed by atoms with Crippen molar-refractivity contribution in [3.63, 3.8) is 0 Å². The Balaban J connectivity index is 2.34. The maximum atomic E-state index is 11.6. The van der Waals surface area contributed by atoms with Crippen molar-refractivity contribution in [1.82, 2.24) is 4.57 Å². The molecule has 0 atom stereocenters. The fraction of sp³-hybridized carbons (Fsp3) is 0.0833. The third-order valence-electron chi connectivity index (χ3n) is 2.28. The second-order valence-electron chi connectivity index (χ2n) is 3.56. The van der Waals surface area contributed by atoms with Crippen LogP contribution in [0.4, 0.5) is 0 Å². The quantitative estimate of drug-likeness (QED) is 0.815. The molecule has 0 unspecified atom stereocenters. The predicted molar refractivity (Wildman–Crippen MR) is 74.0 cm³/mol. The Labute approximate surface area is 117 Å². The van der Waals surface area contributed by atoms with E-state index in [-0.39, 0.29) is 5.56 Å². The molecular weight excluding hydrogens is 325 g/mol. The van der Waals surface area contributed by atoms with Crippen LogP contribution >= 0.6 is 39.1 Å². The number of pyridine rings is 1. The maximum absolute atomic E-state index is 11.6. The Kier molecular flexibility index (Phi) is 3.92. The van der Waals surface area contributed by atoms with Crippen LogP contribution in [0.5, 0.6) is 0 Å². The van der Waals surface area contributed by atoms with Crippen molar-refractivity contribution in [2.75, 3.05) is 0 Å².